The number of aromatic nitrogens is 6. The largest absolute Gasteiger partial charge is 0.339 e. The van der Waals surface area contributed by atoms with Crippen LogP contribution in [-0.2, 0) is 6.54 Å². The number of anilines is 1. The molecule has 1 saturated heterocycles. The van der Waals surface area contributed by atoms with Crippen molar-refractivity contribution in [2.75, 3.05) is 18.0 Å². The molecule has 3 aromatic rings. The van der Waals surface area contributed by atoms with E-state index in [9.17, 15) is 0 Å². The summed E-state index contributed by atoms with van der Waals surface area (Å²) in [6, 6.07) is 10.0. The molecule has 1 aliphatic rings. The van der Waals surface area contributed by atoms with E-state index in [0.29, 0.717) is 5.92 Å². The Morgan fingerprint density at radius 3 is 2.92 bits per heavy atom. The van der Waals surface area contributed by atoms with Crippen LogP contribution in [0.5, 0.6) is 0 Å². The second-order valence-electron chi connectivity index (χ2n) is 6.08. The van der Waals surface area contributed by atoms with Crippen LogP contribution in [-0.4, -0.2) is 42.8 Å². The molecule has 0 saturated carbocycles. The summed E-state index contributed by atoms with van der Waals surface area (Å²) in [6.07, 6.45) is 6.22. The van der Waals surface area contributed by atoms with E-state index in [-0.39, 0.29) is 0 Å². The van der Waals surface area contributed by atoms with E-state index >= 15 is 0 Å². The van der Waals surface area contributed by atoms with Gasteiger partial charge in [0, 0.05) is 37.9 Å². The number of aryl methyl sites for hydroxylation is 1. The SMILES string of the molecule is CCn1ccnc1[C@H]1CCCN(c2nnnn2-c2ccccc2)C1. The molecule has 24 heavy (non-hydrogen) atoms. The lowest BCUT2D eigenvalue weighted by Gasteiger charge is -2.32. The van der Waals surface area contributed by atoms with Crippen LogP contribution >= 0.6 is 0 Å². The van der Waals surface area contributed by atoms with Crippen molar-refractivity contribution in [3.05, 3.63) is 48.5 Å². The van der Waals surface area contributed by atoms with Crippen molar-refractivity contribution in [1.82, 2.24) is 29.8 Å². The zero-order valence-corrected chi connectivity index (χ0v) is 13.8. The van der Waals surface area contributed by atoms with Gasteiger partial charge in [0.2, 0.25) is 5.95 Å². The van der Waals surface area contributed by atoms with E-state index < -0.39 is 0 Å². The summed E-state index contributed by atoms with van der Waals surface area (Å²) in [5.74, 6) is 2.39. The van der Waals surface area contributed by atoms with Gasteiger partial charge in [-0.2, -0.15) is 4.68 Å². The molecule has 7 heteroatoms. The van der Waals surface area contributed by atoms with E-state index in [0.717, 1.165) is 44.1 Å². The summed E-state index contributed by atoms with van der Waals surface area (Å²) in [5.41, 5.74) is 0.981. The first-order valence-corrected chi connectivity index (χ1v) is 8.46. The van der Waals surface area contributed by atoms with Crippen LogP contribution in [0.4, 0.5) is 5.95 Å². The minimum absolute atomic E-state index is 0.412. The van der Waals surface area contributed by atoms with Crippen molar-refractivity contribution < 1.29 is 0 Å². The quantitative estimate of drug-likeness (QED) is 0.737. The fourth-order valence-electron chi connectivity index (χ4n) is 3.43. The molecule has 0 amide bonds. The molecule has 4 rings (SSSR count). The maximum Gasteiger partial charge on any atom is 0.250 e. The highest BCUT2D eigenvalue weighted by Crippen LogP contribution is 2.28. The number of benzene rings is 1. The Morgan fingerprint density at radius 1 is 1.21 bits per heavy atom. The van der Waals surface area contributed by atoms with Crippen molar-refractivity contribution in [1.29, 1.82) is 0 Å². The number of imidazole rings is 1. The van der Waals surface area contributed by atoms with E-state index in [2.05, 4.69) is 43.1 Å². The molecule has 3 heterocycles. The van der Waals surface area contributed by atoms with Crippen LogP contribution in [0, 0.1) is 0 Å². The number of rotatable bonds is 4. The second kappa shape index (κ2) is 6.43. The summed E-state index contributed by atoms with van der Waals surface area (Å²) in [4.78, 5) is 6.86. The van der Waals surface area contributed by atoms with Gasteiger partial charge >= 0.3 is 0 Å². The zero-order chi connectivity index (χ0) is 16.4. The number of tetrazole rings is 1. The van der Waals surface area contributed by atoms with Gasteiger partial charge in [-0.15, -0.1) is 0 Å². The standard InChI is InChI=1S/C17H21N7/c1-2-22-12-10-18-16(22)14-7-6-11-23(13-14)17-19-20-21-24(17)15-8-4-3-5-9-15/h3-5,8-10,12,14H,2,6-7,11,13H2,1H3/t14-/m0/s1. The van der Waals surface area contributed by atoms with Gasteiger partial charge in [-0.1, -0.05) is 23.3 Å². The maximum absolute atomic E-state index is 4.58. The Kier molecular flexibility index (Phi) is 3.98. The Morgan fingerprint density at radius 2 is 2.08 bits per heavy atom. The Bertz CT molecular complexity index is 792. The summed E-state index contributed by atoms with van der Waals surface area (Å²) in [7, 11) is 0. The van der Waals surface area contributed by atoms with Gasteiger partial charge in [0.15, 0.2) is 0 Å². The normalized spacial score (nSPS) is 18.0. The first-order chi connectivity index (χ1) is 11.9. The molecule has 0 spiro atoms. The van der Waals surface area contributed by atoms with Crippen molar-refractivity contribution in [2.45, 2.75) is 32.2 Å². The molecule has 0 aliphatic carbocycles. The topological polar surface area (TPSA) is 64.7 Å². The highest BCUT2D eigenvalue weighted by molar-refractivity contribution is 5.41. The van der Waals surface area contributed by atoms with Crippen LogP contribution < -0.4 is 4.90 Å². The fourth-order valence-corrected chi connectivity index (χ4v) is 3.43. The number of piperidine rings is 1. The lowest BCUT2D eigenvalue weighted by molar-refractivity contribution is 0.467. The van der Waals surface area contributed by atoms with Gasteiger partial charge in [-0.05, 0) is 42.3 Å². The van der Waals surface area contributed by atoms with Gasteiger partial charge in [0.1, 0.15) is 5.82 Å². The third-order valence-corrected chi connectivity index (χ3v) is 4.61. The molecule has 7 nitrogen and oxygen atoms in total. The summed E-state index contributed by atoms with van der Waals surface area (Å²) < 4.78 is 4.04. The maximum atomic E-state index is 4.58. The second-order valence-corrected chi connectivity index (χ2v) is 6.08. The third kappa shape index (κ3) is 2.66. The number of nitrogens with zero attached hydrogens (tertiary/aromatic N) is 7. The first-order valence-electron chi connectivity index (χ1n) is 8.46. The molecule has 2 aromatic heterocycles. The molecule has 1 fully saturated rings. The average Bonchev–Trinajstić information content (AvgIpc) is 3.31. The Hall–Kier alpha value is -2.70. The Labute approximate surface area is 140 Å². The van der Waals surface area contributed by atoms with Crippen LogP contribution in [0.2, 0.25) is 0 Å². The molecule has 0 radical (unpaired) electrons. The minimum atomic E-state index is 0.412. The van der Waals surface area contributed by atoms with Crippen molar-refractivity contribution in [3.63, 3.8) is 0 Å². The predicted molar refractivity (Wildman–Crippen MR) is 91.2 cm³/mol. The van der Waals surface area contributed by atoms with Crippen molar-refractivity contribution >= 4 is 5.95 Å². The summed E-state index contributed by atoms with van der Waals surface area (Å²) in [6.45, 7) is 4.97. The molecule has 0 N–H and O–H groups in total. The average molecular weight is 323 g/mol. The lowest BCUT2D eigenvalue weighted by Crippen LogP contribution is -2.37. The highest BCUT2D eigenvalue weighted by Gasteiger charge is 2.27. The van der Waals surface area contributed by atoms with E-state index in [4.69, 9.17) is 0 Å². The number of hydrogen-bond donors (Lipinski definition) is 0. The summed E-state index contributed by atoms with van der Waals surface area (Å²) >= 11 is 0. The fraction of sp³-hybridized carbons (Fsp3) is 0.412. The number of para-hydroxylation sites is 1. The van der Waals surface area contributed by atoms with Crippen molar-refractivity contribution in [3.8, 4) is 5.69 Å². The Balaban J connectivity index is 1.61. The molecule has 0 bridgehead atoms. The van der Waals surface area contributed by atoms with Gasteiger partial charge in [0.05, 0.1) is 5.69 Å². The predicted octanol–water partition coefficient (Wildman–Crippen LogP) is 2.26. The van der Waals surface area contributed by atoms with Crippen LogP contribution in [0.25, 0.3) is 5.69 Å². The van der Waals surface area contributed by atoms with Crippen molar-refractivity contribution in [2.24, 2.45) is 0 Å². The zero-order valence-electron chi connectivity index (χ0n) is 13.8. The lowest BCUT2D eigenvalue weighted by atomic mass is 9.97. The van der Waals surface area contributed by atoms with E-state index in [1.165, 1.54) is 5.82 Å². The molecular formula is C17H21N7. The smallest absolute Gasteiger partial charge is 0.250 e. The highest BCUT2D eigenvalue weighted by atomic mass is 15.6. The molecule has 1 aliphatic heterocycles. The molecule has 1 aromatic carbocycles. The van der Waals surface area contributed by atoms with Gasteiger partial charge in [0.25, 0.3) is 0 Å². The van der Waals surface area contributed by atoms with Gasteiger partial charge in [-0.25, -0.2) is 4.98 Å². The van der Waals surface area contributed by atoms with Gasteiger partial charge in [-0.3, -0.25) is 0 Å². The van der Waals surface area contributed by atoms with Crippen LogP contribution in [0.1, 0.15) is 31.5 Å². The van der Waals surface area contributed by atoms with E-state index in [1.807, 2.05) is 41.2 Å². The minimum Gasteiger partial charge on any atom is -0.339 e. The summed E-state index contributed by atoms with van der Waals surface area (Å²) in [5, 5.41) is 12.3. The molecule has 1 atom stereocenters. The van der Waals surface area contributed by atoms with Crippen LogP contribution in [0.15, 0.2) is 42.7 Å². The van der Waals surface area contributed by atoms with Crippen LogP contribution in [0.3, 0.4) is 0 Å². The monoisotopic (exact) mass is 323 g/mol. The number of hydrogen-bond acceptors (Lipinski definition) is 5. The third-order valence-electron chi connectivity index (χ3n) is 4.61. The van der Waals surface area contributed by atoms with Gasteiger partial charge < -0.3 is 9.47 Å². The van der Waals surface area contributed by atoms with E-state index in [1.54, 1.807) is 0 Å². The molecular weight excluding hydrogens is 302 g/mol. The molecule has 124 valence electrons. The molecule has 0 unspecified atom stereocenters. The first kappa shape index (κ1) is 14.9.